The van der Waals surface area contributed by atoms with Crippen LogP contribution in [0.1, 0.15) is 59.8 Å². The zero-order valence-electron chi connectivity index (χ0n) is 14.4. The number of rotatable bonds is 5. The van der Waals surface area contributed by atoms with Crippen molar-refractivity contribution < 1.29 is 9.59 Å². The summed E-state index contributed by atoms with van der Waals surface area (Å²) in [5.41, 5.74) is 7.52. The summed E-state index contributed by atoms with van der Waals surface area (Å²) >= 11 is 0. The van der Waals surface area contributed by atoms with Gasteiger partial charge in [-0.2, -0.15) is 5.10 Å². The van der Waals surface area contributed by atoms with Crippen LogP contribution in [0.3, 0.4) is 0 Å². The maximum absolute atomic E-state index is 12.9. The Labute approximate surface area is 147 Å². The van der Waals surface area contributed by atoms with Crippen molar-refractivity contribution in [1.29, 1.82) is 0 Å². The van der Waals surface area contributed by atoms with Crippen LogP contribution < -0.4 is 5.73 Å². The van der Waals surface area contributed by atoms with E-state index in [2.05, 4.69) is 17.1 Å². The summed E-state index contributed by atoms with van der Waals surface area (Å²) in [6.07, 6.45) is 2.51. The highest BCUT2D eigenvalue weighted by atomic mass is 16.2. The topological polar surface area (TPSA) is 92.1 Å². The van der Waals surface area contributed by atoms with Gasteiger partial charge in [0.15, 0.2) is 0 Å². The molecule has 2 aromatic rings. The minimum absolute atomic E-state index is 0.0774. The molecule has 25 heavy (non-hydrogen) atoms. The number of amides is 2. The van der Waals surface area contributed by atoms with Crippen LogP contribution >= 0.6 is 0 Å². The van der Waals surface area contributed by atoms with Gasteiger partial charge in [0.05, 0.1) is 5.92 Å². The normalized spacial score (nSPS) is 16.6. The van der Waals surface area contributed by atoms with Gasteiger partial charge in [0.25, 0.3) is 5.91 Å². The van der Waals surface area contributed by atoms with E-state index in [0.717, 1.165) is 43.6 Å². The van der Waals surface area contributed by atoms with Crippen LogP contribution in [-0.2, 0) is 4.79 Å². The number of primary amides is 1. The molecule has 0 unspecified atom stereocenters. The van der Waals surface area contributed by atoms with Crippen LogP contribution in [-0.4, -0.2) is 40.0 Å². The number of nitrogens with two attached hydrogens (primary N) is 1. The van der Waals surface area contributed by atoms with E-state index in [4.69, 9.17) is 5.73 Å². The molecule has 6 nitrogen and oxygen atoms in total. The molecule has 0 aliphatic carbocycles. The number of hydrogen-bond donors (Lipinski definition) is 2. The summed E-state index contributed by atoms with van der Waals surface area (Å²) in [5, 5.41) is 6.85. The zero-order chi connectivity index (χ0) is 17.8. The molecular formula is C19H24N4O2. The van der Waals surface area contributed by atoms with Crippen LogP contribution in [0.5, 0.6) is 0 Å². The monoisotopic (exact) mass is 340 g/mol. The second-order valence-corrected chi connectivity index (χ2v) is 6.54. The smallest absolute Gasteiger partial charge is 0.269 e. The first kappa shape index (κ1) is 17.2. The first-order valence-electron chi connectivity index (χ1n) is 8.79. The SMILES string of the molecule is CC[C@@H](C(=O)N1CCC(c2cc(C(N)=O)n[nH]2)CC1)c1ccccc1. The third kappa shape index (κ3) is 3.73. The van der Waals surface area contributed by atoms with Crippen LogP contribution in [0.15, 0.2) is 36.4 Å². The standard InChI is InChI=1S/C19H24N4O2/c1-2-15(13-6-4-3-5-7-13)19(25)23-10-8-14(9-11-23)16-12-17(18(20)24)22-21-16/h3-7,12,14-15H,2,8-11H2,1H3,(H2,20,24)(H,21,22)/t15-/m1/s1. The Kier molecular flexibility index (Phi) is 5.16. The molecular weight excluding hydrogens is 316 g/mol. The van der Waals surface area contributed by atoms with E-state index >= 15 is 0 Å². The van der Waals surface area contributed by atoms with Gasteiger partial charge in [0.2, 0.25) is 5.91 Å². The second-order valence-electron chi connectivity index (χ2n) is 6.54. The molecule has 132 valence electrons. The van der Waals surface area contributed by atoms with Crippen molar-refractivity contribution in [2.24, 2.45) is 5.73 Å². The molecule has 6 heteroatoms. The molecule has 0 radical (unpaired) electrons. The summed E-state index contributed by atoms with van der Waals surface area (Å²) in [4.78, 5) is 26.0. The van der Waals surface area contributed by atoms with Gasteiger partial charge in [-0.1, -0.05) is 37.3 Å². The number of nitrogens with one attached hydrogen (secondary N) is 1. The number of aromatic amines is 1. The van der Waals surface area contributed by atoms with E-state index in [1.54, 1.807) is 6.07 Å². The van der Waals surface area contributed by atoms with Crippen LogP contribution in [0.4, 0.5) is 0 Å². The predicted octanol–water partition coefficient (Wildman–Crippen LogP) is 2.41. The molecule has 1 aromatic carbocycles. The minimum atomic E-state index is -0.524. The molecule has 3 N–H and O–H groups in total. The minimum Gasteiger partial charge on any atom is -0.364 e. The van der Waals surface area contributed by atoms with Crippen LogP contribution in [0.2, 0.25) is 0 Å². The van der Waals surface area contributed by atoms with Crippen LogP contribution in [0, 0.1) is 0 Å². The van der Waals surface area contributed by atoms with E-state index in [0.29, 0.717) is 0 Å². The van der Waals surface area contributed by atoms with E-state index in [9.17, 15) is 9.59 Å². The van der Waals surface area contributed by atoms with Crippen molar-refractivity contribution in [2.75, 3.05) is 13.1 Å². The largest absolute Gasteiger partial charge is 0.364 e. The van der Waals surface area contributed by atoms with Crippen LogP contribution in [0.25, 0.3) is 0 Å². The lowest BCUT2D eigenvalue weighted by Gasteiger charge is -2.34. The lowest BCUT2D eigenvalue weighted by molar-refractivity contribution is -0.134. The van der Waals surface area contributed by atoms with Gasteiger partial charge in [-0.15, -0.1) is 0 Å². The fraction of sp³-hybridized carbons (Fsp3) is 0.421. The Balaban J connectivity index is 1.63. The average Bonchev–Trinajstić information content (AvgIpc) is 3.14. The van der Waals surface area contributed by atoms with Crippen molar-refractivity contribution in [3.63, 3.8) is 0 Å². The molecule has 1 fully saturated rings. The lowest BCUT2D eigenvalue weighted by Crippen LogP contribution is -2.40. The summed E-state index contributed by atoms with van der Waals surface area (Å²) in [5.74, 6) is -0.119. The number of benzene rings is 1. The number of piperidine rings is 1. The average molecular weight is 340 g/mol. The highest BCUT2D eigenvalue weighted by molar-refractivity contribution is 5.90. The maximum Gasteiger partial charge on any atom is 0.269 e. The summed E-state index contributed by atoms with van der Waals surface area (Å²) in [6.45, 7) is 3.49. The van der Waals surface area contributed by atoms with Gasteiger partial charge in [0, 0.05) is 24.7 Å². The Bertz CT molecular complexity index is 733. The fourth-order valence-corrected chi connectivity index (χ4v) is 3.54. The number of likely N-dealkylation sites (tertiary alicyclic amines) is 1. The summed E-state index contributed by atoms with van der Waals surface area (Å²) in [6, 6.07) is 11.7. The number of carbonyl (C=O) groups excluding carboxylic acids is 2. The highest BCUT2D eigenvalue weighted by Gasteiger charge is 2.29. The van der Waals surface area contributed by atoms with E-state index < -0.39 is 5.91 Å². The van der Waals surface area contributed by atoms with Gasteiger partial charge in [-0.25, -0.2) is 0 Å². The molecule has 1 saturated heterocycles. The number of hydrogen-bond acceptors (Lipinski definition) is 3. The van der Waals surface area contributed by atoms with Gasteiger partial charge >= 0.3 is 0 Å². The molecule has 2 heterocycles. The second kappa shape index (κ2) is 7.51. The third-order valence-corrected chi connectivity index (χ3v) is 5.00. The first-order valence-corrected chi connectivity index (χ1v) is 8.79. The van der Waals surface area contributed by atoms with Crippen molar-refractivity contribution in [1.82, 2.24) is 15.1 Å². The van der Waals surface area contributed by atoms with Crippen molar-refractivity contribution in [3.05, 3.63) is 53.3 Å². The van der Waals surface area contributed by atoms with Gasteiger partial charge in [-0.3, -0.25) is 14.7 Å². The first-order chi connectivity index (χ1) is 12.1. The Morgan fingerprint density at radius 1 is 1.28 bits per heavy atom. The van der Waals surface area contributed by atoms with Gasteiger partial charge < -0.3 is 10.6 Å². The van der Waals surface area contributed by atoms with Gasteiger partial charge in [0.1, 0.15) is 5.69 Å². The molecule has 2 amide bonds. The molecule has 0 saturated carbocycles. The lowest BCUT2D eigenvalue weighted by atomic mass is 9.90. The highest BCUT2D eigenvalue weighted by Crippen LogP contribution is 2.30. The Morgan fingerprint density at radius 2 is 1.96 bits per heavy atom. The Morgan fingerprint density at radius 3 is 2.52 bits per heavy atom. The quantitative estimate of drug-likeness (QED) is 0.875. The van der Waals surface area contributed by atoms with E-state index in [-0.39, 0.29) is 23.4 Å². The maximum atomic E-state index is 12.9. The van der Waals surface area contributed by atoms with Gasteiger partial charge in [-0.05, 0) is 30.9 Å². The summed E-state index contributed by atoms with van der Waals surface area (Å²) < 4.78 is 0. The molecule has 1 atom stereocenters. The Hall–Kier alpha value is -2.63. The molecule has 0 spiro atoms. The van der Waals surface area contributed by atoms with E-state index in [1.165, 1.54) is 0 Å². The zero-order valence-corrected chi connectivity index (χ0v) is 14.4. The number of H-pyrrole nitrogens is 1. The predicted molar refractivity (Wildman–Crippen MR) is 95.1 cm³/mol. The summed E-state index contributed by atoms with van der Waals surface area (Å²) in [7, 11) is 0. The molecule has 1 aliphatic rings. The van der Waals surface area contributed by atoms with E-state index in [1.807, 2.05) is 35.2 Å². The number of carbonyl (C=O) groups is 2. The third-order valence-electron chi connectivity index (χ3n) is 5.00. The molecule has 1 aliphatic heterocycles. The fourth-order valence-electron chi connectivity index (χ4n) is 3.54. The molecule has 3 rings (SSSR count). The molecule has 1 aromatic heterocycles. The van der Waals surface area contributed by atoms with Crippen molar-refractivity contribution in [3.8, 4) is 0 Å². The number of nitrogens with zero attached hydrogens (tertiary/aromatic N) is 2. The van der Waals surface area contributed by atoms with Crippen molar-refractivity contribution in [2.45, 2.75) is 38.0 Å². The molecule has 0 bridgehead atoms. The number of aromatic nitrogens is 2. The van der Waals surface area contributed by atoms with Crippen molar-refractivity contribution >= 4 is 11.8 Å².